The zero-order chi connectivity index (χ0) is 24.7. The molecule has 1 fully saturated rings. The number of rotatable bonds is 9. The lowest BCUT2D eigenvalue weighted by molar-refractivity contribution is -0.131. The first kappa shape index (κ1) is 25.4. The molecule has 1 unspecified atom stereocenters. The van der Waals surface area contributed by atoms with Crippen LogP contribution < -0.4 is 10.6 Å². The van der Waals surface area contributed by atoms with E-state index in [1.165, 1.54) is 34.8 Å². The summed E-state index contributed by atoms with van der Waals surface area (Å²) < 4.78 is 37.3. The molecule has 0 radical (unpaired) electrons. The van der Waals surface area contributed by atoms with Gasteiger partial charge in [0.1, 0.15) is 11.8 Å². The van der Waals surface area contributed by atoms with E-state index in [0.717, 1.165) is 0 Å². The van der Waals surface area contributed by atoms with Crippen LogP contribution in [0.4, 0.5) is 0 Å². The van der Waals surface area contributed by atoms with Gasteiger partial charge in [-0.05, 0) is 63.1 Å². The molecule has 2 amide bonds. The second kappa shape index (κ2) is 11.3. The lowest BCUT2D eigenvalue weighted by Gasteiger charge is -2.31. The number of furan rings is 1. The quantitative estimate of drug-likeness (QED) is 0.510. The number of ether oxygens (including phenoxy) is 1. The van der Waals surface area contributed by atoms with Crippen molar-refractivity contribution in [2.75, 3.05) is 19.7 Å². The molecule has 2 N–H and O–H groups in total. The average Bonchev–Trinajstić information content (AvgIpc) is 3.36. The zero-order valence-electron chi connectivity index (χ0n) is 19.2. The Labute approximate surface area is 198 Å². The van der Waals surface area contributed by atoms with Crippen LogP contribution in [-0.4, -0.2) is 56.2 Å². The van der Waals surface area contributed by atoms with E-state index in [0.29, 0.717) is 18.6 Å². The second-order valence-electron chi connectivity index (χ2n) is 7.95. The molecule has 11 heteroatoms. The molecule has 2 aromatic rings. The van der Waals surface area contributed by atoms with E-state index in [4.69, 9.17) is 9.15 Å². The van der Waals surface area contributed by atoms with Crippen molar-refractivity contribution in [2.24, 2.45) is 5.92 Å². The Hall–Kier alpha value is -3.18. The minimum absolute atomic E-state index is 0.0744. The van der Waals surface area contributed by atoms with Crippen LogP contribution in [0.2, 0.25) is 0 Å². The second-order valence-corrected chi connectivity index (χ2v) is 9.89. The van der Waals surface area contributed by atoms with Crippen molar-refractivity contribution in [3.63, 3.8) is 0 Å². The van der Waals surface area contributed by atoms with E-state index in [1.807, 2.05) is 0 Å². The number of hydrogen-bond donors (Lipinski definition) is 2. The molecule has 2 heterocycles. The Bertz CT molecular complexity index is 1090. The maximum atomic E-state index is 13.0. The number of amides is 2. The van der Waals surface area contributed by atoms with E-state index in [9.17, 15) is 22.8 Å². The summed E-state index contributed by atoms with van der Waals surface area (Å²) in [6.07, 6.45) is 2.19. The van der Waals surface area contributed by atoms with E-state index in [2.05, 4.69) is 10.6 Å². The Morgan fingerprint density at radius 3 is 2.41 bits per heavy atom. The molecular weight excluding hydrogens is 462 g/mol. The molecule has 0 aliphatic carbocycles. The number of carbonyl (C=O) groups is 3. The van der Waals surface area contributed by atoms with Crippen LogP contribution in [-0.2, 0) is 30.9 Å². The highest BCUT2D eigenvalue weighted by Gasteiger charge is 2.33. The van der Waals surface area contributed by atoms with Crippen LogP contribution >= 0.6 is 0 Å². The first-order valence-corrected chi connectivity index (χ1v) is 12.5. The number of sulfonamides is 1. The molecule has 1 aliphatic rings. The zero-order valence-corrected chi connectivity index (χ0v) is 20.0. The summed E-state index contributed by atoms with van der Waals surface area (Å²) in [6.45, 7) is 4.10. The molecule has 184 valence electrons. The maximum absolute atomic E-state index is 13.0. The van der Waals surface area contributed by atoms with Gasteiger partial charge in [0.2, 0.25) is 21.8 Å². The molecule has 0 saturated carbocycles. The van der Waals surface area contributed by atoms with Crippen molar-refractivity contribution in [3.8, 4) is 0 Å². The maximum Gasteiger partial charge on any atom is 0.338 e. The smallest absolute Gasteiger partial charge is 0.338 e. The van der Waals surface area contributed by atoms with Crippen molar-refractivity contribution in [2.45, 2.75) is 44.2 Å². The van der Waals surface area contributed by atoms with E-state index in [-0.39, 0.29) is 48.5 Å². The van der Waals surface area contributed by atoms with Gasteiger partial charge >= 0.3 is 5.97 Å². The minimum Gasteiger partial charge on any atom is -0.467 e. The Balaban J connectivity index is 1.50. The number of hydrogen-bond acceptors (Lipinski definition) is 7. The first-order valence-electron chi connectivity index (χ1n) is 11.1. The van der Waals surface area contributed by atoms with Crippen LogP contribution in [0, 0.1) is 5.92 Å². The number of nitrogens with zero attached hydrogens (tertiary/aromatic N) is 1. The van der Waals surface area contributed by atoms with Crippen molar-refractivity contribution in [3.05, 3.63) is 54.0 Å². The fourth-order valence-electron chi connectivity index (χ4n) is 3.62. The van der Waals surface area contributed by atoms with E-state index < -0.39 is 28.0 Å². The first-order chi connectivity index (χ1) is 16.2. The molecule has 1 aromatic heterocycles. The highest BCUT2D eigenvalue weighted by atomic mass is 32.2. The minimum atomic E-state index is -3.75. The largest absolute Gasteiger partial charge is 0.467 e. The van der Waals surface area contributed by atoms with Gasteiger partial charge in [0.25, 0.3) is 0 Å². The average molecular weight is 492 g/mol. The van der Waals surface area contributed by atoms with Crippen LogP contribution in [0.15, 0.2) is 52.0 Å². The van der Waals surface area contributed by atoms with Gasteiger partial charge in [-0.1, -0.05) is 0 Å². The third-order valence-corrected chi connectivity index (χ3v) is 7.51. The van der Waals surface area contributed by atoms with Crippen molar-refractivity contribution < 1.29 is 32.0 Å². The summed E-state index contributed by atoms with van der Waals surface area (Å²) in [7, 11) is -3.75. The van der Waals surface area contributed by atoms with E-state index in [1.54, 1.807) is 26.0 Å². The van der Waals surface area contributed by atoms with Gasteiger partial charge in [0.15, 0.2) is 0 Å². The monoisotopic (exact) mass is 491 g/mol. The topological polar surface area (TPSA) is 135 Å². The Morgan fingerprint density at radius 2 is 1.82 bits per heavy atom. The van der Waals surface area contributed by atoms with Gasteiger partial charge in [-0.2, -0.15) is 4.31 Å². The molecule has 1 saturated heterocycles. The third kappa shape index (κ3) is 6.23. The van der Waals surface area contributed by atoms with Crippen LogP contribution in [0.3, 0.4) is 0 Å². The van der Waals surface area contributed by atoms with Crippen molar-refractivity contribution >= 4 is 27.8 Å². The number of carbonyl (C=O) groups excluding carboxylic acids is 3. The molecule has 1 aliphatic heterocycles. The van der Waals surface area contributed by atoms with Crippen LogP contribution in [0.5, 0.6) is 0 Å². The molecule has 3 rings (SSSR count). The molecule has 0 spiro atoms. The highest BCUT2D eigenvalue weighted by Crippen LogP contribution is 2.24. The Kier molecular flexibility index (Phi) is 8.46. The summed E-state index contributed by atoms with van der Waals surface area (Å²) in [4.78, 5) is 36.7. The molecule has 10 nitrogen and oxygen atoms in total. The van der Waals surface area contributed by atoms with Crippen LogP contribution in [0.1, 0.15) is 42.8 Å². The van der Waals surface area contributed by atoms with Gasteiger partial charge in [-0.25, -0.2) is 13.2 Å². The highest BCUT2D eigenvalue weighted by molar-refractivity contribution is 7.89. The third-order valence-electron chi connectivity index (χ3n) is 5.60. The van der Waals surface area contributed by atoms with Gasteiger partial charge < -0.3 is 19.8 Å². The summed E-state index contributed by atoms with van der Waals surface area (Å²) in [5.41, 5.74) is 0.276. The summed E-state index contributed by atoms with van der Waals surface area (Å²) >= 11 is 0. The number of nitrogens with one attached hydrogen (secondary N) is 2. The standard InChI is InChI=1S/C23H29N3O7S/c1-3-32-23(29)18-6-8-20(9-7-18)34(30,31)26-12-10-17(11-13-26)22(28)25-16(2)21(27)24-15-19-5-4-14-33-19/h4-9,14,16-17H,3,10-13,15H2,1-2H3,(H,24,27)(H,25,28). The lowest BCUT2D eigenvalue weighted by atomic mass is 9.97. The molecule has 34 heavy (non-hydrogen) atoms. The molecule has 0 bridgehead atoms. The molecule has 1 atom stereocenters. The van der Waals surface area contributed by atoms with Crippen molar-refractivity contribution in [1.82, 2.24) is 14.9 Å². The summed E-state index contributed by atoms with van der Waals surface area (Å²) in [5, 5.41) is 5.39. The lowest BCUT2D eigenvalue weighted by Crippen LogP contribution is -2.49. The fraction of sp³-hybridized carbons (Fsp3) is 0.435. The van der Waals surface area contributed by atoms with Crippen molar-refractivity contribution in [1.29, 1.82) is 0 Å². The number of piperidine rings is 1. The Morgan fingerprint density at radius 1 is 1.15 bits per heavy atom. The van der Waals surface area contributed by atoms with E-state index >= 15 is 0 Å². The number of benzene rings is 1. The van der Waals surface area contributed by atoms with Gasteiger partial charge in [-0.3, -0.25) is 9.59 Å². The van der Waals surface area contributed by atoms with Gasteiger partial charge in [0.05, 0.1) is 29.9 Å². The molecular formula is C23H29N3O7S. The number of esters is 1. The summed E-state index contributed by atoms with van der Waals surface area (Å²) in [5.74, 6) is -0.913. The van der Waals surface area contributed by atoms with Gasteiger partial charge in [-0.15, -0.1) is 0 Å². The molecule has 1 aromatic carbocycles. The fourth-order valence-corrected chi connectivity index (χ4v) is 5.09. The predicted molar refractivity (Wildman–Crippen MR) is 122 cm³/mol. The normalized spacial score (nSPS) is 15.9. The predicted octanol–water partition coefficient (Wildman–Crippen LogP) is 1.68. The summed E-state index contributed by atoms with van der Waals surface area (Å²) in [6, 6.07) is 8.32. The van der Waals surface area contributed by atoms with Gasteiger partial charge in [0, 0.05) is 19.0 Å². The van der Waals surface area contributed by atoms with Crippen LogP contribution in [0.25, 0.3) is 0 Å². The SMILES string of the molecule is CCOC(=O)c1ccc(S(=O)(=O)N2CCC(C(=O)NC(C)C(=O)NCc3ccco3)CC2)cc1.